The van der Waals surface area contributed by atoms with Crippen molar-refractivity contribution >= 4 is 15.5 Å². The van der Waals surface area contributed by atoms with E-state index in [1.54, 1.807) is 0 Å². The molecule has 1 aliphatic rings. The molecule has 1 atom stereocenters. The van der Waals surface area contributed by atoms with Gasteiger partial charge in [-0.05, 0) is 18.6 Å². The molecule has 18 heavy (non-hydrogen) atoms. The van der Waals surface area contributed by atoms with Gasteiger partial charge in [-0.3, -0.25) is 0 Å². The Balaban J connectivity index is 2.04. The third kappa shape index (κ3) is 1.91. The van der Waals surface area contributed by atoms with Crippen LogP contribution in [0.25, 0.3) is 5.65 Å². The van der Waals surface area contributed by atoms with Crippen LogP contribution in [0.2, 0.25) is 0 Å². The Morgan fingerprint density at radius 2 is 2.28 bits per heavy atom. The predicted octanol–water partition coefficient (Wildman–Crippen LogP) is 0.695. The topological polar surface area (TPSA) is 77.5 Å². The summed E-state index contributed by atoms with van der Waals surface area (Å²) in [5, 5.41) is 0. The number of sulfone groups is 1. The van der Waals surface area contributed by atoms with Crippen molar-refractivity contribution in [2.75, 3.05) is 11.5 Å². The predicted molar refractivity (Wildman–Crippen MR) is 69.1 cm³/mol. The second kappa shape index (κ2) is 4.07. The first-order valence-corrected chi connectivity index (χ1v) is 7.78. The van der Waals surface area contributed by atoms with E-state index in [2.05, 4.69) is 4.98 Å². The van der Waals surface area contributed by atoms with E-state index in [9.17, 15) is 8.42 Å². The molecule has 1 aliphatic heterocycles. The van der Waals surface area contributed by atoms with Gasteiger partial charge in [0.15, 0.2) is 9.84 Å². The molecule has 3 rings (SSSR count). The number of aromatic nitrogens is 2. The van der Waals surface area contributed by atoms with Gasteiger partial charge in [0.25, 0.3) is 0 Å². The van der Waals surface area contributed by atoms with E-state index in [-0.39, 0.29) is 17.4 Å². The van der Waals surface area contributed by atoms with Gasteiger partial charge in [-0.1, -0.05) is 6.07 Å². The first kappa shape index (κ1) is 11.7. The molecule has 1 saturated heterocycles. The molecule has 0 aliphatic carbocycles. The fourth-order valence-corrected chi connectivity index (χ4v) is 4.24. The van der Waals surface area contributed by atoms with Gasteiger partial charge in [0.1, 0.15) is 5.65 Å². The lowest BCUT2D eigenvalue weighted by Crippen LogP contribution is -2.04. The van der Waals surface area contributed by atoms with Crippen LogP contribution in [-0.2, 0) is 16.4 Å². The smallest absolute Gasteiger partial charge is 0.151 e. The van der Waals surface area contributed by atoms with Crippen molar-refractivity contribution < 1.29 is 8.42 Å². The summed E-state index contributed by atoms with van der Waals surface area (Å²) in [4.78, 5) is 4.51. The molecular weight excluding hydrogens is 250 g/mol. The molecule has 0 spiro atoms. The maximum atomic E-state index is 11.5. The minimum Gasteiger partial charge on any atom is -0.325 e. The third-order valence-corrected chi connectivity index (χ3v) is 5.22. The normalized spacial score (nSPS) is 22.6. The van der Waals surface area contributed by atoms with Gasteiger partial charge in [0.05, 0.1) is 17.2 Å². The number of hydrogen-bond acceptors (Lipinski definition) is 4. The summed E-state index contributed by atoms with van der Waals surface area (Å²) >= 11 is 0. The first-order valence-electron chi connectivity index (χ1n) is 5.96. The van der Waals surface area contributed by atoms with Gasteiger partial charge >= 0.3 is 0 Å². The average molecular weight is 265 g/mol. The van der Waals surface area contributed by atoms with E-state index >= 15 is 0 Å². The molecule has 0 amide bonds. The lowest BCUT2D eigenvalue weighted by atomic mass is 10.1. The summed E-state index contributed by atoms with van der Waals surface area (Å²) in [5.74, 6) is 0.518. The minimum atomic E-state index is -2.87. The van der Waals surface area contributed by atoms with Gasteiger partial charge in [-0.25, -0.2) is 13.4 Å². The van der Waals surface area contributed by atoms with Crippen LogP contribution in [0.5, 0.6) is 0 Å². The monoisotopic (exact) mass is 265 g/mol. The van der Waals surface area contributed by atoms with Crippen molar-refractivity contribution in [3.8, 4) is 0 Å². The van der Waals surface area contributed by atoms with Crippen LogP contribution >= 0.6 is 0 Å². The molecule has 1 unspecified atom stereocenters. The van der Waals surface area contributed by atoms with Gasteiger partial charge < -0.3 is 10.1 Å². The Labute approximate surface area is 106 Å². The Kier molecular flexibility index (Phi) is 2.64. The minimum absolute atomic E-state index is 0.0283. The van der Waals surface area contributed by atoms with Gasteiger partial charge in [-0.2, -0.15) is 0 Å². The molecule has 3 heterocycles. The lowest BCUT2D eigenvalue weighted by Gasteiger charge is -2.01. The number of rotatable bonds is 2. The van der Waals surface area contributed by atoms with E-state index in [4.69, 9.17) is 5.73 Å². The fraction of sp³-hybridized carbons (Fsp3) is 0.417. The Morgan fingerprint density at radius 3 is 2.94 bits per heavy atom. The van der Waals surface area contributed by atoms with E-state index in [1.807, 2.05) is 28.8 Å². The molecule has 6 heteroatoms. The van der Waals surface area contributed by atoms with Crippen LogP contribution in [0.15, 0.2) is 24.4 Å². The molecule has 2 N–H and O–H groups in total. The lowest BCUT2D eigenvalue weighted by molar-refractivity contribution is 0.601. The molecule has 2 aromatic rings. The summed E-state index contributed by atoms with van der Waals surface area (Å²) in [6.45, 7) is 0.441. The number of imidazole rings is 1. The van der Waals surface area contributed by atoms with Gasteiger partial charge in [-0.15, -0.1) is 0 Å². The Hall–Kier alpha value is -1.40. The zero-order chi connectivity index (χ0) is 12.8. The average Bonchev–Trinajstić information content (AvgIpc) is 2.91. The molecule has 2 aromatic heterocycles. The number of fused-ring (bicyclic) bond motifs is 1. The summed E-state index contributed by atoms with van der Waals surface area (Å²) in [7, 11) is -2.87. The number of nitrogens with two attached hydrogens (primary N) is 1. The number of hydrogen-bond donors (Lipinski definition) is 1. The maximum Gasteiger partial charge on any atom is 0.151 e. The second-order valence-electron chi connectivity index (χ2n) is 4.72. The zero-order valence-corrected chi connectivity index (χ0v) is 10.7. The first-order chi connectivity index (χ1) is 8.59. The summed E-state index contributed by atoms with van der Waals surface area (Å²) in [6.07, 6.45) is 2.59. The molecule has 0 saturated carbocycles. The van der Waals surface area contributed by atoms with Crippen LogP contribution < -0.4 is 5.73 Å². The Morgan fingerprint density at radius 1 is 1.44 bits per heavy atom. The van der Waals surface area contributed by atoms with E-state index in [1.165, 1.54) is 0 Å². The van der Waals surface area contributed by atoms with E-state index in [0.29, 0.717) is 13.0 Å². The van der Waals surface area contributed by atoms with Crippen LogP contribution in [0, 0.1) is 0 Å². The third-order valence-electron chi connectivity index (χ3n) is 3.46. The molecule has 1 fully saturated rings. The van der Waals surface area contributed by atoms with Crippen molar-refractivity contribution in [2.24, 2.45) is 5.73 Å². The second-order valence-corrected chi connectivity index (χ2v) is 6.94. The number of nitrogens with zero attached hydrogens (tertiary/aromatic N) is 2. The standard InChI is InChI=1S/C12H15N3O2S/c13-6-10-2-1-3-12-14-11(7-15(10)12)9-4-5-18(16,17)8-9/h1-3,7,9H,4-6,8,13H2. The van der Waals surface area contributed by atoms with Crippen LogP contribution in [-0.4, -0.2) is 29.3 Å². The summed E-state index contributed by atoms with van der Waals surface area (Å²) in [5.41, 5.74) is 8.35. The van der Waals surface area contributed by atoms with Crippen molar-refractivity contribution in [1.29, 1.82) is 0 Å². The molecule has 5 nitrogen and oxygen atoms in total. The molecular formula is C12H15N3O2S. The molecule has 0 aromatic carbocycles. The summed E-state index contributed by atoms with van der Waals surface area (Å²) in [6, 6.07) is 5.77. The van der Waals surface area contributed by atoms with Crippen molar-refractivity contribution in [1.82, 2.24) is 9.38 Å². The van der Waals surface area contributed by atoms with Gasteiger partial charge in [0, 0.05) is 24.4 Å². The fourth-order valence-electron chi connectivity index (χ4n) is 2.48. The Bertz CT molecular complexity index is 690. The number of pyridine rings is 1. The largest absolute Gasteiger partial charge is 0.325 e. The van der Waals surface area contributed by atoms with Gasteiger partial charge in [0.2, 0.25) is 0 Å². The highest BCUT2D eigenvalue weighted by atomic mass is 32.2. The quantitative estimate of drug-likeness (QED) is 0.867. The van der Waals surface area contributed by atoms with Crippen LogP contribution in [0.4, 0.5) is 0 Å². The summed E-state index contributed by atoms with van der Waals surface area (Å²) < 4.78 is 24.9. The van der Waals surface area contributed by atoms with Crippen molar-refractivity contribution in [3.63, 3.8) is 0 Å². The SMILES string of the molecule is NCc1cccc2nc(C3CCS(=O)(=O)C3)cn12. The highest BCUT2D eigenvalue weighted by Gasteiger charge is 2.30. The van der Waals surface area contributed by atoms with Crippen molar-refractivity contribution in [2.45, 2.75) is 18.9 Å². The van der Waals surface area contributed by atoms with Crippen molar-refractivity contribution in [3.05, 3.63) is 35.8 Å². The molecule has 0 radical (unpaired) electrons. The van der Waals surface area contributed by atoms with Crippen LogP contribution in [0.1, 0.15) is 23.7 Å². The highest BCUT2D eigenvalue weighted by molar-refractivity contribution is 7.91. The zero-order valence-electron chi connectivity index (χ0n) is 9.91. The van der Waals surface area contributed by atoms with Crippen LogP contribution in [0.3, 0.4) is 0 Å². The van der Waals surface area contributed by atoms with E-state index < -0.39 is 9.84 Å². The van der Waals surface area contributed by atoms with E-state index in [0.717, 1.165) is 17.0 Å². The molecule has 96 valence electrons. The highest BCUT2D eigenvalue weighted by Crippen LogP contribution is 2.28. The molecule has 0 bridgehead atoms. The maximum absolute atomic E-state index is 11.5.